The first-order valence-corrected chi connectivity index (χ1v) is 11.3. The predicted octanol–water partition coefficient (Wildman–Crippen LogP) is 2.88. The number of amides is 2. The summed E-state index contributed by atoms with van der Waals surface area (Å²) in [5.74, 6) is -3.19. The van der Waals surface area contributed by atoms with Crippen LogP contribution in [0.3, 0.4) is 0 Å². The Hall–Kier alpha value is -3.16. The van der Waals surface area contributed by atoms with Gasteiger partial charge in [0.1, 0.15) is 11.7 Å². The monoisotopic (exact) mass is 459 g/mol. The lowest BCUT2D eigenvalue weighted by Crippen LogP contribution is -2.53. The Balaban J connectivity index is 3.09. The lowest BCUT2D eigenvalue weighted by atomic mass is 9.83. The number of carbonyl (C=O) groups is 4. The van der Waals surface area contributed by atoms with Crippen LogP contribution in [0.25, 0.3) is 0 Å². The van der Waals surface area contributed by atoms with Crippen LogP contribution in [0, 0.1) is 17.8 Å². The summed E-state index contributed by atoms with van der Waals surface area (Å²) in [6, 6.07) is 6.62. The minimum Gasteiger partial charge on any atom is -0.477 e. The van der Waals surface area contributed by atoms with Gasteiger partial charge in [-0.2, -0.15) is 0 Å². The fourth-order valence-corrected chi connectivity index (χ4v) is 3.68. The molecule has 0 aromatic heterocycles. The Morgan fingerprint density at radius 2 is 1.55 bits per heavy atom. The summed E-state index contributed by atoms with van der Waals surface area (Å²) in [4.78, 5) is 50.3. The fourth-order valence-electron chi connectivity index (χ4n) is 3.68. The molecule has 8 nitrogen and oxygen atoms in total. The predicted molar refractivity (Wildman–Crippen MR) is 127 cm³/mol. The van der Waals surface area contributed by atoms with Crippen LogP contribution in [0.1, 0.15) is 64.7 Å². The van der Waals surface area contributed by atoms with E-state index < -0.39 is 41.3 Å². The maximum atomic E-state index is 13.2. The first kappa shape index (κ1) is 27.9. The third-order valence-electron chi connectivity index (χ3n) is 5.47. The molecule has 8 heteroatoms. The highest BCUT2D eigenvalue weighted by atomic mass is 16.4. The summed E-state index contributed by atoms with van der Waals surface area (Å²) in [6.45, 7) is 10.9. The molecule has 0 bridgehead atoms. The lowest BCUT2D eigenvalue weighted by Gasteiger charge is -2.26. The summed E-state index contributed by atoms with van der Waals surface area (Å²) >= 11 is 0. The topological polar surface area (TPSA) is 139 Å². The van der Waals surface area contributed by atoms with Crippen LogP contribution in [0.2, 0.25) is 0 Å². The molecule has 0 fully saturated rings. The first-order chi connectivity index (χ1) is 15.4. The van der Waals surface area contributed by atoms with E-state index in [1.807, 2.05) is 20.8 Å². The van der Waals surface area contributed by atoms with Crippen molar-refractivity contribution < 1.29 is 24.3 Å². The summed E-state index contributed by atoms with van der Waals surface area (Å²) in [5.41, 5.74) is 5.76. The van der Waals surface area contributed by atoms with E-state index in [-0.39, 0.29) is 23.3 Å². The van der Waals surface area contributed by atoms with Crippen LogP contribution in [0.15, 0.2) is 41.6 Å². The van der Waals surface area contributed by atoms with Gasteiger partial charge < -0.3 is 21.5 Å². The van der Waals surface area contributed by atoms with Crippen molar-refractivity contribution in [3.8, 4) is 0 Å². The number of carboxylic acid groups (broad SMARTS) is 1. The highest BCUT2D eigenvalue weighted by molar-refractivity contribution is 6.07. The molecule has 1 rings (SSSR count). The van der Waals surface area contributed by atoms with Crippen LogP contribution < -0.4 is 16.4 Å². The maximum Gasteiger partial charge on any atom is 0.352 e. The van der Waals surface area contributed by atoms with Gasteiger partial charge in [0.05, 0.1) is 6.04 Å². The summed E-state index contributed by atoms with van der Waals surface area (Å²) in [7, 11) is 0. The number of carboxylic acids is 1. The molecule has 1 aromatic rings. The van der Waals surface area contributed by atoms with Gasteiger partial charge in [-0.15, -0.1) is 0 Å². The van der Waals surface area contributed by atoms with Crippen molar-refractivity contribution in [3.63, 3.8) is 0 Å². The van der Waals surface area contributed by atoms with E-state index in [1.54, 1.807) is 44.2 Å². The number of ketones is 1. The summed E-state index contributed by atoms with van der Waals surface area (Å²) < 4.78 is 0. The standard InChI is InChI=1S/C25H37N3O5/c1-7-17(13-14(2)3)19(20(26)25(32)33)22(29)16(6)27-24(31)21(15(4)5)28-23(30)18-11-9-8-10-12-18/h8-12,14-17,21H,7,13,26H2,1-6H3,(H,27,31)(H,28,30)(H,32,33)/t16-,17-,21-/m0/s1. The first-order valence-electron chi connectivity index (χ1n) is 11.3. The zero-order valence-corrected chi connectivity index (χ0v) is 20.3. The minimum atomic E-state index is -1.37. The molecular weight excluding hydrogens is 422 g/mol. The van der Waals surface area contributed by atoms with E-state index in [1.165, 1.54) is 6.92 Å². The SMILES string of the molecule is CC[C@@H](CC(C)C)C(C(=O)[C@H](C)NC(=O)[C@@H](NC(=O)c1ccccc1)C(C)C)=C(N)C(=O)O. The van der Waals surface area contributed by atoms with Gasteiger partial charge in [0.25, 0.3) is 5.91 Å². The zero-order valence-electron chi connectivity index (χ0n) is 20.3. The number of nitrogens with two attached hydrogens (primary N) is 1. The number of carbonyl (C=O) groups excluding carboxylic acids is 3. The van der Waals surface area contributed by atoms with E-state index in [2.05, 4.69) is 10.6 Å². The van der Waals surface area contributed by atoms with Gasteiger partial charge in [0, 0.05) is 11.1 Å². The highest BCUT2D eigenvalue weighted by Crippen LogP contribution is 2.27. The normalized spacial score (nSPS) is 14.8. The number of aliphatic carboxylic acids is 1. The molecule has 2 amide bonds. The Morgan fingerprint density at radius 3 is 2.00 bits per heavy atom. The van der Waals surface area contributed by atoms with Crippen molar-refractivity contribution in [1.82, 2.24) is 10.6 Å². The fraction of sp³-hybridized carbons (Fsp3) is 0.520. The van der Waals surface area contributed by atoms with Crippen molar-refractivity contribution in [3.05, 3.63) is 47.2 Å². The van der Waals surface area contributed by atoms with Crippen LogP contribution >= 0.6 is 0 Å². The quantitative estimate of drug-likeness (QED) is 0.355. The third kappa shape index (κ3) is 8.04. The van der Waals surface area contributed by atoms with Crippen molar-refractivity contribution >= 4 is 23.6 Å². The van der Waals surface area contributed by atoms with Crippen LogP contribution in [-0.4, -0.2) is 40.8 Å². The Morgan fingerprint density at radius 1 is 0.970 bits per heavy atom. The minimum absolute atomic E-state index is 0.0286. The van der Waals surface area contributed by atoms with Gasteiger partial charge in [0.2, 0.25) is 5.91 Å². The number of rotatable bonds is 12. The second-order valence-corrected chi connectivity index (χ2v) is 9.02. The van der Waals surface area contributed by atoms with Crippen molar-refractivity contribution in [2.24, 2.45) is 23.5 Å². The molecule has 0 radical (unpaired) electrons. The molecule has 0 saturated carbocycles. The van der Waals surface area contributed by atoms with Crippen molar-refractivity contribution in [1.29, 1.82) is 0 Å². The number of hydrogen-bond donors (Lipinski definition) is 4. The molecule has 0 aliphatic carbocycles. The molecule has 0 spiro atoms. The molecule has 0 saturated heterocycles. The highest BCUT2D eigenvalue weighted by Gasteiger charge is 2.32. The Labute approximate surface area is 196 Å². The van der Waals surface area contributed by atoms with Gasteiger partial charge >= 0.3 is 5.97 Å². The molecule has 1 aromatic carbocycles. The second kappa shape index (κ2) is 12.8. The van der Waals surface area contributed by atoms with Crippen molar-refractivity contribution in [2.45, 2.75) is 66.5 Å². The van der Waals surface area contributed by atoms with Gasteiger partial charge in [-0.25, -0.2) is 4.79 Å². The number of benzene rings is 1. The largest absolute Gasteiger partial charge is 0.477 e. The molecule has 33 heavy (non-hydrogen) atoms. The molecule has 3 atom stereocenters. The van der Waals surface area contributed by atoms with E-state index in [4.69, 9.17) is 5.73 Å². The molecule has 0 aliphatic rings. The number of nitrogens with one attached hydrogen (secondary N) is 2. The smallest absolute Gasteiger partial charge is 0.352 e. The average Bonchev–Trinajstić information content (AvgIpc) is 2.76. The molecule has 5 N–H and O–H groups in total. The van der Waals surface area contributed by atoms with Gasteiger partial charge in [-0.05, 0) is 49.7 Å². The van der Waals surface area contributed by atoms with Crippen LogP contribution in [0.4, 0.5) is 0 Å². The average molecular weight is 460 g/mol. The number of Topliss-reactive ketones (excluding diaryl/α,β-unsaturated/α-hetero) is 1. The third-order valence-corrected chi connectivity index (χ3v) is 5.47. The van der Waals surface area contributed by atoms with Crippen molar-refractivity contribution in [2.75, 3.05) is 0 Å². The van der Waals surface area contributed by atoms with E-state index in [0.717, 1.165) is 0 Å². The Bertz CT molecular complexity index is 877. The molecule has 0 aliphatic heterocycles. The molecule has 0 unspecified atom stereocenters. The van der Waals surface area contributed by atoms with E-state index in [0.29, 0.717) is 18.4 Å². The summed E-state index contributed by atoms with van der Waals surface area (Å²) in [5, 5.41) is 14.8. The van der Waals surface area contributed by atoms with Gasteiger partial charge in [-0.3, -0.25) is 14.4 Å². The molecule has 0 heterocycles. The summed E-state index contributed by atoms with van der Waals surface area (Å²) in [6.07, 6.45) is 1.13. The Kier molecular flexibility index (Phi) is 10.8. The van der Waals surface area contributed by atoms with E-state index >= 15 is 0 Å². The van der Waals surface area contributed by atoms with Crippen LogP contribution in [0.5, 0.6) is 0 Å². The lowest BCUT2D eigenvalue weighted by molar-refractivity contribution is -0.133. The van der Waals surface area contributed by atoms with Crippen LogP contribution in [-0.2, 0) is 14.4 Å². The number of hydrogen-bond acceptors (Lipinski definition) is 5. The second-order valence-electron chi connectivity index (χ2n) is 9.02. The van der Waals surface area contributed by atoms with Gasteiger partial charge in [-0.1, -0.05) is 52.8 Å². The molecule has 182 valence electrons. The van der Waals surface area contributed by atoms with E-state index in [9.17, 15) is 24.3 Å². The zero-order chi connectivity index (χ0) is 25.3. The van der Waals surface area contributed by atoms with Gasteiger partial charge in [0.15, 0.2) is 5.78 Å². The molecular formula is C25H37N3O5. The maximum absolute atomic E-state index is 13.2.